The van der Waals surface area contributed by atoms with E-state index in [1.165, 1.54) is 41.0 Å². The van der Waals surface area contributed by atoms with E-state index in [9.17, 15) is 8.78 Å². The first-order valence-corrected chi connectivity index (χ1v) is 16.6. The second kappa shape index (κ2) is 11.5. The van der Waals surface area contributed by atoms with Gasteiger partial charge in [-0.25, -0.2) is 8.78 Å². The largest absolute Gasteiger partial charge is 0.207 e. The number of hydrogen-bond acceptors (Lipinski definition) is 0. The molecule has 0 saturated heterocycles. The van der Waals surface area contributed by atoms with Gasteiger partial charge in [-0.15, -0.1) is 0 Å². The maximum Gasteiger partial charge on any atom is 0.123 e. The predicted octanol–water partition coefficient (Wildman–Crippen LogP) is 13.6. The average molecular weight is 633 g/mol. The summed E-state index contributed by atoms with van der Waals surface area (Å²) in [5, 5.41) is 9.13. The minimum Gasteiger partial charge on any atom is -0.207 e. The van der Waals surface area contributed by atoms with Crippen LogP contribution in [0.25, 0.3) is 87.6 Å². The van der Waals surface area contributed by atoms with E-state index in [1.807, 2.05) is 24.3 Å². The summed E-state index contributed by atoms with van der Waals surface area (Å²) in [6.07, 6.45) is 0. The quantitative estimate of drug-likeness (QED) is 0.169. The van der Waals surface area contributed by atoms with Crippen molar-refractivity contribution in [3.8, 4) is 44.5 Å². The van der Waals surface area contributed by atoms with Gasteiger partial charge in [0.1, 0.15) is 11.6 Å². The van der Waals surface area contributed by atoms with Gasteiger partial charge in [0, 0.05) is 0 Å². The molecule has 9 aromatic carbocycles. The Bertz CT molecular complexity index is 2420. The van der Waals surface area contributed by atoms with Gasteiger partial charge in [-0.3, -0.25) is 0 Å². The molecular weight excluding hydrogens is 603 g/mol. The second-order valence-corrected chi connectivity index (χ2v) is 12.8. The summed E-state index contributed by atoms with van der Waals surface area (Å²) >= 11 is 0. The molecule has 2 heteroatoms. The molecule has 0 radical (unpaired) electrons. The number of benzene rings is 9. The van der Waals surface area contributed by atoms with Gasteiger partial charge in [0.15, 0.2) is 0 Å². The van der Waals surface area contributed by atoms with Crippen LogP contribution in [0, 0.1) is 18.6 Å². The Morgan fingerprint density at radius 2 is 0.531 bits per heavy atom. The number of rotatable bonds is 4. The molecule has 0 nitrogen and oxygen atoms in total. The van der Waals surface area contributed by atoms with Crippen LogP contribution < -0.4 is 0 Å². The smallest absolute Gasteiger partial charge is 0.123 e. The summed E-state index contributed by atoms with van der Waals surface area (Å²) < 4.78 is 28.1. The van der Waals surface area contributed by atoms with Crippen molar-refractivity contribution in [2.75, 3.05) is 0 Å². The predicted molar refractivity (Wildman–Crippen MR) is 203 cm³/mol. The van der Waals surface area contributed by atoms with Gasteiger partial charge in [-0.05, 0) is 130 Å². The number of halogens is 2. The van der Waals surface area contributed by atoms with E-state index in [0.717, 1.165) is 76.5 Å². The molecule has 0 atom stereocenters. The summed E-state index contributed by atoms with van der Waals surface area (Å²) in [7, 11) is 0. The molecule has 0 aliphatic carbocycles. The van der Waals surface area contributed by atoms with Gasteiger partial charge in [0.25, 0.3) is 0 Å². The minimum absolute atomic E-state index is 0.244. The molecule has 9 aromatic rings. The molecule has 0 heterocycles. The molecule has 0 aromatic heterocycles. The summed E-state index contributed by atoms with van der Waals surface area (Å²) in [6, 6.07) is 54.8. The fourth-order valence-corrected chi connectivity index (χ4v) is 7.81. The van der Waals surface area contributed by atoms with Crippen LogP contribution in [0.1, 0.15) is 5.56 Å². The van der Waals surface area contributed by atoms with Crippen molar-refractivity contribution in [2.24, 2.45) is 0 Å². The van der Waals surface area contributed by atoms with Gasteiger partial charge in [-0.2, -0.15) is 0 Å². The van der Waals surface area contributed by atoms with E-state index < -0.39 is 0 Å². The Hall–Kier alpha value is -6.12. The van der Waals surface area contributed by atoms with Gasteiger partial charge < -0.3 is 0 Å². The second-order valence-electron chi connectivity index (χ2n) is 12.8. The topological polar surface area (TPSA) is 0 Å². The summed E-state index contributed by atoms with van der Waals surface area (Å²) in [5.74, 6) is -0.487. The molecule has 9 rings (SSSR count). The van der Waals surface area contributed by atoms with Gasteiger partial charge in [0.2, 0.25) is 0 Å². The van der Waals surface area contributed by atoms with E-state index in [4.69, 9.17) is 0 Å². The SMILES string of the molecule is Cc1cc(-c2c3ccccc3c(-c3ccc(F)cc3)c3ccccc23)cc(-c2c3ccccc3c(-c3ccc(F)cc3)c3ccccc23)c1. The number of aryl methyl sites for hydroxylation is 1. The van der Waals surface area contributed by atoms with Crippen LogP contribution in [0.4, 0.5) is 8.78 Å². The molecule has 0 bridgehead atoms. The van der Waals surface area contributed by atoms with Crippen molar-refractivity contribution in [1.29, 1.82) is 0 Å². The zero-order chi connectivity index (χ0) is 33.1. The van der Waals surface area contributed by atoms with Crippen LogP contribution in [0.15, 0.2) is 164 Å². The first kappa shape index (κ1) is 29.1. The van der Waals surface area contributed by atoms with Crippen molar-refractivity contribution in [1.82, 2.24) is 0 Å². The zero-order valence-corrected chi connectivity index (χ0v) is 26.8. The lowest BCUT2D eigenvalue weighted by Gasteiger charge is -2.20. The Morgan fingerprint density at radius 1 is 0.286 bits per heavy atom. The fourth-order valence-electron chi connectivity index (χ4n) is 7.81. The molecule has 49 heavy (non-hydrogen) atoms. The third-order valence-corrected chi connectivity index (χ3v) is 9.78. The molecule has 0 unspecified atom stereocenters. The highest BCUT2D eigenvalue weighted by Crippen LogP contribution is 2.47. The zero-order valence-electron chi connectivity index (χ0n) is 26.8. The third kappa shape index (κ3) is 4.79. The van der Waals surface area contributed by atoms with Gasteiger partial charge in [0.05, 0.1) is 0 Å². The Kier molecular flexibility index (Phi) is 6.84. The van der Waals surface area contributed by atoms with Crippen molar-refractivity contribution in [2.45, 2.75) is 6.92 Å². The highest BCUT2D eigenvalue weighted by molar-refractivity contribution is 6.23. The van der Waals surface area contributed by atoms with Crippen molar-refractivity contribution in [3.05, 3.63) is 181 Å². The highest BCUT2D eigenvalue weighted by Gasteiger charge is 2.20. The van der Waals surface area contributed by atoms with Crippen LogP contribution in [0.2, 0.25) is 0 Å². The lowest BCUT2D eigenvalue weighted by Crippen LogP contribution is -1.94. The standard InChI is InChI=1S/C47H30F2/c1-29-26-32(46-40-14-6-2-10-36(40)44(30-18-22-34(48)23-19-30)37-11-3-7-15-41(37)46)28-33(27-29)47-42-16-8-4-12-38(42)45(31-20-24-35(49)25-21-31)39-13-5-9-17-43(39)47/h2-28H,1H3. The van der Waals surface area contributed by atoms with Crippen molar-refractivity contribution >= 4 is 43.1 Å². The van der Waals surface area contributed by atoms with Crippen LogP contribution in [-0.2, 0) is 0 Å². The first-order chi connectivity index (χ1) is 24.0. The molecule has 0 amide bonds. The molecule has 232 valence electrons. The molecule has 0 fully saturated rings. The van der Waals surface area contributed by atoms with E-state index in [0.29, 0.717) is 0 Å². The monoisotopic (exact) mass is 632 g/mol. The average Bonchev–Trinajstić information content (AvgIpc) is 3.13. The third-order valence-electron chi connectivity index (χ3n) is 9.78. The van der Waals surface area contributed by atoms with E-state index in [1.54, 1.807) is 0 Å². The lowest BCUT2D eigenvalue weighted by molar-refractivity contribution is 0.627. The lowest BCUT2D eigenvalue weighted by atomic mass is 9.83. The maximum absolute atomic E-state index is 14.0. The Morgan fingerprint density at radius 3 is 0.796 bits per heavy atom. The van der Waals surface area contributed by atoms with Gasteiger partial charge in [-0.1, -0.05) is 133 Å². The highest BCUT2D eigenvalue weighted by atomic mass is 19.1. The minimum atomic E-state index is -0.244. The van der Waals surface area contributed by atoms with Crippen molar-refractivity contribution in [3.63, 3.8) is 0 Å². The molecule has 0 spiro atoms. The van der Waals surface area contributed by atoms with Crippen molar-refractivity contribution < 1.29 is 8.78 Å². The van der Waals surface area contributed by atoms with Crippen LogP contribution in [0.3, 0.4) is 0 Å². The van der Waals surface area contributed by atoms with Crippen LogP contribution in [-0.4, -0.2) is 0 Å². The molecule has 0 aliphatic heterocycles. The Labute approximate surface area is 283 Å². The number of fused-ring (bicyclic) bond motifs is 4. The molecule has 0 aliphatic rings. The van der Waals surface area contributed by atoms with E-state index in [2.05, 4.69) is 122 Å². The van der Waals surface area contributed by atoms with Crippen LogP contribution >= 0.6 is 0 Å². The molecule has 0 saturated carbocycles. The maximum atomic E-state index is 14.0. The summed E-state index contributed by atoms with van der Waals surface area (Å²) in [6.45, 7) is 2.17. The normalized spacial score (nSPS) is 11.6. The number of hydrogen-bond donors (Lipinski definition) is 0. The van der Waals surface area contributed by atoms with E-state index in [-0.39, 0.29) is 11.6 Å². The van der Waals surface area contributed by atoms with E-state index >= 15 is 0 Å². The molecule has 0 N–H and O–H groups in total. The summed E-state index contributed by atoms with van der Waals surface area (Å²) in [5.41, 5.74) is 10.0. The first-order valence-electron chi connectivity index (χ1n) is 16.6. The summed E-state index contributed by atoms with van der Waals surface area (Å²) in [4.78, 5) is 0. The Balaban J connectivity index is 1.36. The van der Waals surface area contributed by atoms with Gasteiger partial charge >= 0.3 is 0 Å². The molecular formula is C47H30F2. The fraction of sp³-hybridized carbons (Fsp3) is 0.0213. The van der Waals surface area contributed by atoms with Crippen LogP contribution in [0.5, 0.6) is 0 Å².